The fourth-order valence-electron chi connectivity index (χ4n) is 2.19. The van der Waals surface area contributed by atoms with Crippen molar-refractivity contribution in [1.82, 2.24) is 14.9 Å². The highest BCUT2D eigenvalue weighted by Crippen LogP contribution is 2.20. The standard InChI is InChI=1S/C19H27N3/c1-15-6-8-17(9-7-15)14-22-13-12-21-18(22)10-11-20-16(2)19(3,4)5/h6-9,12-13,20H,2,10-11,14H2,1,3-5H3. The van der Waals surface area contributed by atoms with E-state index in [-0.39, 0.29) is 5.41 Å². The zero-order valence-electron chi connectivity index (χ0n) is 14.2. The molecular weight excluding hydrogens is 270 g/mol. The van der Waals surface area contributed by atoms with Crippen LogP contribution in [-0.2, 0) is 13.0 Å². The average Bonchev–Trinajstić information content (AvgIpc) is 2.87. The molecule has 0 aliphatic heterocycles. The Morgan fingerprint density at radius 1 is 1.23 bits per heavy atom. The highest BCUT2D eigenvalue weighted by molar-refractivity contribution is 5.22. The van der Waals surface area contributed by atoms with Gasteiger partial charge >= 0.3 is 0 Å². The van der Waals surface area contributed by atoms with Crippen LogP contribution >= 0.6 is 0 Å². The summed E-state index contributed by atoms with van der Waals surface area (Å²) in [5.41, 5.74) is 3.76. The lowest BCUT2D eigenvalue weighted by atomic mass is 9.93. The number of benzene rings is 1. The minimum absolute atomic E-state index is 0.0946. The largest absolute Gasteiger partial charge is 0.388 e. The molecule has 0 bridgehead atoms. The molecule has 0 atom stereocenters. The highest BCUT2D eigenvalue weighted by atomic mass is 15.1. The third-order valence-electron chi connectivity index (χ3n) is 3.87. The molecule has 0 radical (unpaired) electrons. The summed E-state index contributed by atoms with van der Waals surface area (Å²) >= 11 is 0. The molecule has 118 valence electrons. The Labute approximate surface area is 134 Å². The van der Waals surface area contributed by atoms with E-state index in [0.717, 1.165) is 31.0 Å². The molecule has 3 nitrogen and oxygen atoms in total. The number of hydrogen-bond donors (Lipinski definition) is 1. The average molecular weight is 297 g/mol. The van der Waals surface area contributed by atoms with Gasteiger partial charge in [0, 0.05) is 43.0 Å². The topological polar surface area (TPSA) is 29.9 Å². The fraction of sp³-hybridized carbons (Fsp3) is 0.421. The summed E-state index contributed by atoms with van der Waals surface area (Å²) in [5.74, 6) is 1.11. The van der Waals surface area contributed by atoms with Crippen LogP contribution in [0.25, 0.3) is 0 Å². The van der Waals surface area contributed by atoms with Crippen LogP contribution in [0.5, 0.6) is 0 Å². The molecule has 3 heteroatoms. The van der Waals surface area contributed by atoms with Crippen molar-refractivity contribution in [2.24, 2.45) is 5.41 Å². The van der Waals surface area contributed by atoms with Gasteiger partial charge in [-0.2, -0.15) is 0 Å². The monoisotopic (exact) mass is 297 g/mol. The van der Waals surface area contributed by atoms with E-state index >= 15 is 0 Å². The van der Waals surface area contributed by atoms with Gasteiger partial charge in [0.15, 0.2) is 0 Å². The third kappa shape index (κ3) is 4.48. The Balaban J connectivity index is 1.92. The molecule has 0 amide bonds. The molecule has 0 saturated carbocycles. The summed E-state index contributed by atoms with van der Waals surface area (Å²) in [6, 6.07) is 8.67. The van der Waals surface area contributed by atoms with E-state index < -0.39 is 0 Å². The van der Waals surface area contributed by atoms with E-state index in [2.05, 4.69) is 73.4 Å². The van der Waals surface area contributed by atoms with Crippen LogP contribution in [-0.4, -0.2) is 16.1 Å². The molecule has 0 saturated heterocycles. The van der Waals surface area contributed by atoms with Gasteiger partial charge in [-0.05, 0) is 12.5 Å². The number of allylic oxidation sites excluding steroid dienone is 1. The molecule has 1 heterocycles. The minimum atomic E-state index is 0.0946. The molecule has 0 unspecified atom stereocenters. The Kier molecular flexibility index (Phi) is 5.07. The van der Waals surface area contributed by atoms with Crippen molar-refractivity contribution in [2.45, 2.75) is 40.7 Å². The number of nitrogens with one attached hydrogen (secondary N) is 1. The van der Waals surface area contributed by atoms with Crippen LogP contribution in [0.15, 0.2) is 48.9 Å². The van der Waals surface area contributed by atoms with Gasteiger partial charge in [-0.1, -0.05) is 57.2 Å². The van der Waals surface area contributed by atoms with Gasteiger partial charge < -0.3 is 9.88 Å². The van der Waals surface area contributed by atoms with Gasteiger partial charge in [0.2, 0.25) is 0 Å². The summed E-state index contributed by atoms with van der Waals surface area (Å²) in [5, 5.41) is 3.41. The molecule has 1 aromatic heterocycles. The van der Waals surface area contributed by atoms with Gasteiger partial charge in [0.25, 0.3) is 0 Å². The van der Waals surface area contributed by atoms with Crippen LogP contribution in [0.1, 0.15) is 37.7 Å². The lowest BCUT2D eigenvalue weighted by molar-refractivity contribution is 0.461. The van der Waals surface area contributed by atoms with E-state index in [9.17, 15) is 0 Å². The third-order valence-corrected chi connectivity index (χ3v) is 3.87. The number of aromatic nitrogens is 2. The second kappa shape index (κ2) is 6.82. The van der Waals surface area contributed by atoms with E-state index in [1.54, 1.807) is 0 Å². The normalized spacial score (nSPS) is 11.5. The number of imidazole rings is 1. The van der Waals surface area contributed by atoms with Gasteiger partial charge in [-0.25, -0.2) is 4.98 Å². The predicted molar refractivity (Wildman–Crippen MR) is 92.8 cm³/mol. The van der Waals surface area contributed by atoms with Crippen molar-refractivity contribution in [3.63, 3.8) is 0 Å². The lowest BCUT2D eigenvalue weighted by Crippen LogP contribution is -2.26. The van der Waals surface area contributed by atoms with Crippen molar-refractivity contribution in [3.8, 4) is 0 Å². The summed E-state index contributed by atoms with van der Waals surface area (Å²) < 4.78 is 2.21. The quantitative estimate of drug-likeness (QED) is 0.875. The number of aryl methyl sites for hydroxylation is 1. The molecule has 1 aromatic carbocycles. The van der Waals surface area contributed by atoms with Gasteiger partial charge in [-0.3, -0.25) is 0 Å². The van der Waals surface area contributed by atoms with Gasteiger partial charge in [0.1, 0.15) is 5.82 Å². The minimum Gasteiger partial charge on any atom is -0.388 e. The first-order valence-corrected chi connectivity index (χ1v) is 7.85. The van der Waals surface area contributed by atoms with Crippen LogP contribution in [0, 0.1) is 12.3 Å². The molecule has 2 aromatic rings. The Hall–Kier alpha value is -2.03. The van der Waals surface area contributed by atoms with Crippen LogP contribution in [0.2, 0.25) is 0 Å². The van der Waals surface area contributed by atoms with Gasteiger partial charge in [-0.15, -0.1) is 0 Å². The van der Waals surface area contributed by atoms with Gasteiger partial charge in [0.05, 0.1) is 0 Å². The SMILES string of the molecule is C=C(NCCc1nccn1Cc1ccc(C)cc1)C(C)(C)C. The van der Waals surface area contributed by atoms with Crippen LogP contribution in [0.3, 0.4) is 0 Å². The number of rotatable bonds is 6. The van der Waals surface area contributed by atoms with E-state index in [1.165, 1.54) is 11.1 Å². The summed E-state index contributed by atoms with van der Waals surface area (Å²) in [7, 11) is 0. The maximum Gasteiger partial charge on any atom is 0.110 e. The maximum atomic E-state index is 4.48. The smallest absolute Gasteiger partial charge is 0.110 e. The molecule has 22 heavy (non-hydrogen) atoms. The Morgan fingerprint density at radius 3 is 2.55 bits per heavy atom. The molecule has 0 spiro atoms. The number of hydrogen-bond acceptors (Lipinski definition) is 2. The zero-order chi connectivity index (χ0) is 16.2. The van der Waals surface area contributed by atoms with Crippen molar-refractivity contribution >= 4 is 0 Å². The molecule has 0 aliphatic carbocycles. The van der Waals surface area contributed by atoms with Crippen molar-refractivity contribution in [3.05, 3.63) is 65.9 Å². The van der Waals surface area contributed by atoms with Crippen molar-refractivity contribution in [1.29, 1.82) is 0 Å². The summed E-state index contributed by atoms with van der Waals surface area (Å²) in [6.07, 6.45) is 4.82. The predicted octanol–water partition coefficient (Wildman–Crippen LogP) is 3.93. The van der Waals surface area contributed by atoms with Crippen LogP contribution < -0.4 is 5.32 Å². The lowest BCUT2D eigenvalue weighted by Gasteiger charge is -2.23. The fourth-order valence-corrected chi connectivity index (χ4v) is 2.19. The van der Waals surface area contributed by atoms with E-state index in [1.807, 2.05) is 12.4 Å². The number of nitrogens with zero attached hydrogens (tertiary/aromatic N) is 2. The molecule has 0 aliphatic rings. The highest BCUT2D eigenvalue weighted by Gasteiger charge is 2.14. The molecule has 1 N–H and O–H groups in total. The Morgan fingerprint density at radius 2 is 1.91 bits per heavy atom. The molecule has 2 rings (SSSR count). The first-order valence-electron chi connectivity index (χ1n) is 7.85. The van der Waals surface area contributed by atoms with Crippen molar-refractivity contribution < 1.29 is 0 Å². The maximum absolute atomic E-state index is 4.48. The van der Waals surface area contributed by atoms with E-state index in [0.29, 0.717) is 0 Å². The Bertz CT molecular complexity index is 615. The summed E-state index contributed by atoms with van der Waals surface area (Å²) in [4.78, 5) is 4.48. The zero-order valence-corrected chi connectivity index (χ0v) is 14.2. The van der Waals surface area contributed by atoms with Crippen LogP contribution in [0.4, 0.5) is 0 Å². The first kappa shape index (κ1) is 16.3. The van der Waals surface area contributed by atoms with Crippen molar-refractivity contribution in [2.75, 3.05) is 6.54 Å². The molecular formula is C19H27N3. The summed E-state index contributed by atoms with van der Waals surface area (Å²) in [6.45, 7) is 14.5. The second-order valence-electron chi connectivity index (χ2n) is 6.86. The first-order chi connectivity index (χ1) is 10.4. The molecule has 0 fully saturated rings. The van der Waals surface area contributed by atoms with E-state index in [4.69, 9.17) is 0 Å². The second-order valence-corrected chi connectivity index (χ2v) is 6.86.